The second-order valence-electron chi connectivity index (χ2n) is 7.13. The Morgan fingerprint density at radius 1 is 1.13 bits per heavy atom. The number of ether oxygens (including phenoxy) is 1. The van der Waals surface area contributed by atoms with Gasteiger partial charge in [0.2, 0.25) is 0 Å². The van der Waals surface area contributed by atoms with Crippen LogP contribution in [0.1, 0.15) is 28.4 Å². The molecule has 156 valence electrons. The van der Waals surface area contributed by atoms with Gasteiger partial charge in [0.15, 0.2) is 0 Å². The van der Waals surface area contributed by atoms with Crippen LogP contribution in [0, 0.1) is 11.6 Å². The summed E-state index contributed by atoms with van der Waals surface area (Å²) in [6, 6.07) is 9.12. The van der Waals surface area contributed by atoms with Crippen LogP contribution in [-0.4, -0.2) is 54.3 Å². The van der Waals surface area contributed by atoms with Crippen molar-refractivity contribution in [2.24, 2.45) is 5.10 Å². The van der Waals surface area contributed by atoms with Crippen LogP contribution in [0.3, 0.4) is 0 Å². The van der Waals surface area contributed by atoms with Crippen LogP contribution < -0.4 is 10.1 Å². The van der Waals surface area contributed by atoms with E-state index in [0.29, 0.717) is 36.4 Å². The van der Waals surface area contributed by atoms with Crippen LogP contribution in [0.2, 0.25) is 0 Å². The van der Waals surface area contributed by atoms with Gasteiger partial charge in [-0.2, -0.15) is 5.10 Å². The maximum Gasteiger partial charge on any atom is 0.341 e. The van der Waals surface area contributed by atoms with Gasteiger partial charge in [-0.1, -0.05) is 6.07 Å². The number of amides is 3. The molecule has 1 saturated heterocycles. The smallest absolute Gasteiger partial charge is 0.341 e. The third kappa shape index (κ3) is 3.96. The molecule has 7 nitrogen and oxygen atoms in total. The minimum atomic E-state index is -0.694. The van der Waals surface area contributed by atoms with Gasteiger partial charge in [-0.15, -0.1) is 0 Å². The molecule has 1 fully saturated rings. The van der Waals surface area contributed by atoms with Crippen LogP contribution in [0.5, 0.6) is 5.75 Å². The number of hydrogen-bond acceptors (Lipinski definition) is 4. The van der Waals surface area contributed by atoms with E-state index in [2.05, 4.69) is 10.4 Å². The molecular weight excluding hydrogens is 394 g/mol. The van der Waals surface area contributed by atoms with Crippen LogP contribution >= 0.6 is 0 Å². The van der Waals surface area contributed by atoms with Gasteiger partial charge in [-0.25, -0.2) is 18.6 Å². The van der Waals surface area contributed by atoms with Crippen LogP contribution in [0.4, 0.5) is 13.6 Å². The monoisotopic (exact) mass is 414 g/mol. The fourth-order valence-corrected chi connectivity index (χ4v) is 3.50. The molecule has 2 heterocycles. The molecular formula is C21H20F2N4O3. The third-order valence-corrected chi connectivity index (χ3v) is 5.04. The van der Waals surface area contributed by atoms with Crippen molar-refractivity contribution in [1.29, 1.82) is 0 Å². The third-order valence-electron chi connectivity index (χ3n) is 5.04. The Kier molecular flexibility index (Phi) is 5.35. The summed E-state index contributed by atoms with van der Waals surface area (Å²) in [5.41, 5.74) is 0.844. The molecule has 9 heteroatoms. The van der Waals surface area contributed by atoms with Crippen molar-refractivity contribution in [2.75, 3.05) is 20.1 Å². The van der Waals surface area contributed by atoms with E-state index in [-0.39, 0.29) is 18.0 Å². The molecule has 3 amide bonds. The largest absolute Gasteiger partial charge is 0.487 e. The second kappa shape index (κ2) is 8.10. The summed E-state index contributed by atoms with van der Waals surface area (Å²) in [4.78, 5) is 26.1. The summed E-state index contributed by atoms with van der Waals surface area (Å²) in [7, 11) is 1.55. The Morgan fingerprint density at radius 2 is 1.87 bits per heavy atom. The fourth-order valence-electron chi connectivity index (χ4n) is 3.50. The fraction of sp³-hybridized carbons (Fsp3) is 0.286. The van der Waals surface area contributed by atoms with E-state index in [9.17, 15) is 18.4 Å². The Hall–Kier alpha value is -3.49. The average molecular weight is 414 g/mol. The Balaban J connectivity index is 1.37. The molecule has 0 aromatic heterocycles. The topological polar surface area (TPSA) is 74.2 Å². The Morgan fingerprint density at radius 3 is 2.57 bits per heavy atom. The number of benzene rings is 2. The van der Waals surface area contributed by atoms with E-state index in [0.717, 1.165) is 6.07 Å². The lowest BCUT2D eigenvalue weighted by atomic mass is 10.0. The van der Waals surface area contributed by atoms with Gasteiger partial charge in [0.25, 0.3) is 5.91 Å². The lowest BCUT2D eigenvalue weighted by molar-refractivity contribution is 0.0277. The summed E-state index contributed by atoms with van der Waals surface area (Å²) in [6.07, 6.45) is 1.73. The number of hydrogen-bond donors (Lipinski definition) is 1. The zero-order valence-corrected chi connectivity index (χ0v) is 16.2. The number of likely N-dealkylation sites (tertiary alicyclic amines) is 1. The molecule has 1 unspecified atom stereocenters. The minimum absolute atomic E-state index is 0.211. The van der Waals surface area contributed by atoms with Gasteiger partial charge in [0, 0.05) is 31.3 Å². The molecule has 0 spiro atoms. The molecule has 2 aromatic rings. The number of halogens is 2. The predicted octanol–water partition coefficient (Wildman–Crippen LogP) is 2.94. The molecule has 1 atom stereocenters. The van der Waals surface area contributed by atoms with Crippen molar-refractivity contribution in [2.45, 2.75) is 18.6 Å². The van der Waals surface area contributed by atoms with Crippen molar-refractivity contribution in [3.8, 4) is 5.75 Å². The molecule has 0 radical (unpaired) electrons. The van der Waals surface area contributed by atoms with Gasteiger partial charge in [0.1, 0.15) is 23.5 Å². The number of nitrogens with zero attached hydrogens (tertiary/aromatic N) is 3. The minimum Gasteiger partial charge on any atom is -0.487 e. The highest BCUT2D eigenvalue weighted by Gasteiger charge is 2.39. The first kappa shape index (κ1) is 19.8. The lowest BCUT2D eigenvalue weighted by Gasteiger charge is -2.41. The lowest BCUT2D eigenvalue weighted by Crippen LogP contribution is -2.58. The van der Waals surface area contributed by atoms with Gasteiger partial charge < -0.3 is 15.0 Å². The van der Waals surface area contributed by atoms with Gasteiger partial charge in [-0.05, 0) is 35.9 Å². The molecule has 2 aromatic carbocycles. The number of rotatable bonds is 4. The Bertz CT molecular complexity index is 987. The highest BCUT2D eigenvalue weighted by Crippen LogP contribution is 2.31. The van der Waals surface area contributed by atoms with Crippen molar-refractivity contribution in [3.63, 3.8) is 0 Å². The van der Waals surface area contributed by atoms with E-state index < -0.39 is 17.7 Å². The molecule has 0 bridgehead atoms. The molecule has 2 aliphatic rings. The SMILES string of the molecule is CNC(=O)c1cccc(OC2CN(C(=O)N3N=CCC3c3cc(F)cc(F)c3)C2)c1. The highest BCUT2D eigenvalue weighted by molar-refractivity contribution is 5.94. The second-order valence-corrected chi connectivity index (χ2v) is 7.13. The molecule has 2 aliphatic heterocycles. The molecule has 0 aliphatic carbocycles. The summed E-state index contributed by atoms with van der Waals surface area (Å²) in [5.74, 6) is -1.06. The number of nitrogens with one attached hydrogen (secondary N) is 1. The first-order chi connectivity index (χ1) is 14.4. The highest BCUT2D eigenvalue weighted by atomic mass is 19.1. The van der Waals surface area contributed by atoms with E-state index in [1.54, 1.807) is 42.4 Å². The normalized spacial score (nSPS) is 18.3. The molecule has 1 N–H and O–H groups in total. The van der Waals surface area contributed by atoms with Crippen molar-refractivity contribution >= 4 is 18.2 Å². The summed E-state index contributed by atoms with van der Waals surface area (Å²) >= 11 is 0. The average Bonchev–Trinajstić information content (AvgIpc) is 3.19. The number of carbonyl (C=O) groups excluding carboxylic acids is 2. The van der Waals surface area contributed by atoms with Crippen molar-refractivity contribution in [1.82, 2.24) is 15.2 Å². The zero-order valence-electron chi connectivity index (χ0n) is 16.2. The van der Waals surface area contributed by atoms with Gasteiger partial charge in [0.05, 0.1) is 19.1 Å². The van der Waals surface area contributed by atoms with E-state index in [4.69, 9.17) is 4.74 Å². The van der Waals surface area contributed by atoms with Crippen molar-refractivity contribution in [3.05, 3.63) is 65.2 Å². The maximum absolute atomic E-state index is 13.6. The van der Waals surface area contributed by atoms with Gasteiger partial charge >= 0.3 is 6.03 Å². The molecule has 4 rings (SSSR count). The number of urea groups is 1. The van der Waals surface area contributed by atoms with Crippen LogP contribution in [0.25, 0.3) is 0 Å². The number of hydrazone groups is 1. The van der Waals surface area contributed by atoms with E-state index >= 15 is 0 Å². The van der Waals surface area contributed by atoms with Gasteiger partial charge in [-0.3, -0.25) is 4.79 Å². The Labute approximate surface area is 171 Å². The number of carbonyl (C=O) groups is 2. The molecule has 30 heavy (non-hydrogen) atoms. The van der Waals surface area contributed by atoms with Crippen LogP contribution in [-0.2, 0) is 0 Å². The van der Waals surface area contributed by atoms with E-state index in [1.165, 1.54) is 17.1 Å². The standard InChI is InChI=1S/C21H20F2N4O3/c1-24-20(28)13-3-2-4-17(9-13)30-18-11-26(12-18)21(29)27-19(5-6-25-27)14-7-15(22)10-16(23)8-14/h2-4,6-10,18-19H,5,11-12H2,1H3,(H,24,28). The maximum atomic E-state index is 13.6. The predicted molar refractivity (Wildman–Crippen MR) is 105 cm³/mol. The first-order valence-corrected chi connectivity index (χ1v) is 9.50. The molecule has 0 saturated carbocycles. The van der Waals surface area contributed by atoms with Crippen LogP contribution in [0.15, 0.2) is 47.6 Å². The summed E-state index contributed by atoms with van der Waals surface area (Å²) in [5, 5.41) is 7.89. The van der Waals surface area contributed by atoms with E-state index in [1.807, 2.05) is 0 Å². The summed E-state index contributed by atoms with van der Waals surface area (Å²) in [6.45, 7) is 0.693. The quantitative estimate of drug-likeness (QED) is 0.836. The van der Waals surface area contributed by atoms with Crippen molar-refractivity contribution < 1.29 is 23.1 Å². The first-order valence-electron chi connectivity index (χ1n) is 9.50. The zero-order chi connectivity index (χ0) is 21.3. The summed E-state index contributed by atoms with van der Waals surface area (Å²) < 4.78 is 33.0.